The molecule has 0 amide bonds. The molecule has 1 aliphatic heterocycles. The van der Waals surface area contributed by atoms with E-state index in [0.717, 1.165) is 47.8 Å². The third-order valence-corrected chi connectivity index (χ3v) is 5.42. The number of para-hydroxylation sites is 2. The van der Waals surface area contributed by atoms with E-state index in [1.807, 2.05) is 42.5 Å². The zero-order chi connectivity index (χ0) is 20.5. The lowest BCUT2D eigenvalue weighted by atomic mass is 10.2. The first-order valence-electron chi connectivity index (χ1n) is 9.90. The molecule has 0 unspecified atom stereocenters. The van der Waals surface area contributed by atoms with Crippen LogP contribution in [0.2, 0.25) is 0 Å². The van der Waals surface area contributed by atoms with E-state index in [1.54, 1.807) is 7.11 Å². The number of aliphatic hydroxyl groups excluding tert-OH is 1. The quantitative estimate of drug-likeness (QED) is 0.545. The predicted molar refractivity (Wildman–Crippen MR) is 118 cm³/mol. The minimum absolute atomic E-state index is 0.316. The van der Waals surface area contributed by atoms with E-state index in [4.69, 9.17) is 14.2 Å². The summed E-state index contributed by atoms with van der Waals surface area (Å²) < 4.78 is 17.7. The number of hydrogen-bond donors (Lipinski definition) is 1. The average Bonchev–Trinajstić information content (AvgIpc) is 2.75. The highest BCUT2D eigenvalue weighted by atomic mass is 79.9. The number of piperazine rings is 1. The van der Waals surface area contributed by atoms with Gasteiger partial charge in [-0.3, -0.25) is 4.90 Å². The lowest BCUT2D eigenvalue weighted by molar-refractivity contribution is 0.00717. The number of rotatable bonds is 10. The number of ether oxygens (including phenoxy) is 3. The summed E-state index contributed by atoms with van der Waals surface area (Å²) in [6, 6.07) is 15.8. The second-order valence-corrected chi connectivity index (χ2v) is 7.91. The molecule has 0 aliphatic carbocycles. The van der Waals surface area contributed by atoms with Gasteiger partial charge in [0.25, 0.3) is 0 Å². The monoisotopic (exact) mass is 464 g/mol. The molecule has 6 nitrogen and oxygen atoms in total. The van der Waals surface area contributed by atoms with Crippen LogP contribution >= 0.6 is 15.9 Å². The number of nitrogens with zero attached hydrogens (tertiary/aromatic N) is 2. The zero-order valence-electron chi connectivity index (χ0n) is 16.8. The van der Waals surface area contributed by atoms with Crippen molar-refractivity contribution in [2.45, 2.75) is 6.10 Å². The van der Waals surface area contributed by atoms with E-state index < -0.39 is 6.10 Å². The first kappa shape index (κ1) is 21.9. The molecule has 158 valence electrons. The fourth-order valence-electron chi connectivity index (χ4n) is 3.38. The topological polar surface area (TPSA) is 54.4 Å². The zero-order valence-corrected chi connectivity index (χ0v) is 18.4. The Balaban J connectivity index is 1.30. The Morgan fingerprint density at radius 2 is 1.72 bits per heavy atom. The Labute approximate surface area is 181 Å². The summed E-state index contributed by atoms with van der Waals surface area (Å²) in [4.78, 5) is 4.61. The van der Waals surface area contributed by atoms with Crippen molar-refractivity contribution in [3.05, 3.63) is 53.0 Å². The van der Waals surface area contributed by atoms with Crippen LogP contribution in [0.15, 0.2) is 53.0 Å². The van der Waals surface area contributed by atoms with Crippen LogP contribution in [-0.2, 0) is 4.74 Å². The molecule has 0 spiro atoms. The summed E-state index contributed by atoms with van der Waals surface area (Å²) in [6.45, 7) is 5.48. The van der Waals surface area contributed by atoms with Gasteiger partial charge in [0.15, 0.2) is 0 Å². The molecule has 1 atom stereocenters. The maximum atomic E-state index is 10.3. The van der Waals surface area contributed by atoms with E-state index in [1.165, 1.54) is 0 Å². The van der Waals surface area contributed by atoms with Gasteiger partial charge >= 0.3 is 0 Å². The summed E-state index contributed by atoms with van der Waals surface area (Å²) in [7, 11) is 1.70. The van der Waals surface area contributed by atoms with Gasteiger partial charge in [0.1, 0.15) is 18.1 Å². The number of benzene rings is 2. The highest BCUT2D eigenvalue weighted by Gasteiger charge is 2.21. The van der Waals surface area contributed by atoms with Crippen LogP contribution in [-0.4, -0.2) is 75.8 Å². The van der Waals surface area contributed by atoms with Gasteiger partial charge in [-0.25, -0.2) is 0 Å². The average molecular weight is 465 g/mol. The van der Waals surface area contributed by atoms with Crippen LogP contribution in [0.3, 0.4) is 0 Å². The molecular formula is C22H29BrN2O4. The molecule has 1 heterocycles. The van der Waals surface area contributed by atoms with Crippen LogP contribution in [0, 0.1) is 0 Å². The number of hydrogen-bond acceptors (Lipinski definition) is 6. The lowest BCUT2D eigenvalue weighted by Gasteiger charge is -2.37. The molecule has 2 aromatic carbocycles. The Morgan fingerprint density at radius 3 is 2.45 bits per heavy atom. The molecule has 0 bridgehead atoms. The maximum Gasteiger partial charge on any atom is 0.142 e. The molecule has 1 aliphatic rings. The maximum absolute atomic E-state index is 10.3. The van der Waals surface area contributed by atoms with Crippen LogP contribution in [0.4, 0.5) is 5.69 Å². The largest absolute Gasteiger partial charge is 0.495 e. The van der Waals surface area contributed by atoms with E-state index in [0.29, 0.717) is 26.4 Å². The van der Waals surface area contributed by atoms with Crippen molar-refractivity contribution >= 4 is 21.6 Å². The van der Waals surface area contributed by atoms with Crippen LogP contribution in [0.5, 0.6) is 11.5 Å². The van der Waals surface area contributed by atoms with E-state index in [2.05, 4.69) is 31.8 Å². The first-order valence-corrected chi connectivity index (χ1v) is 10.7. The number of anilines is 1. The van der Waals surface area contributed by atoms with Gasteiger partial charge in [0, 0.05) is 37.2 Å². The van der Waals surface area contributed by atoms with Crippen LogP contribution < -0.4 is 14.4 Å². The molecule has 1 N–H and O–H groups in total. The standard InChI is InChI=1S/C22H29BrN2O4/c1-27-22-5-3-2-4-21(22)25-12-10-24(11-13-25)16-19(26)17-28-14-15-29-20-8-6-18(23)7-9-20/h2-9,19,26H,10-17H2,1H3/t19-/m0/s1. The Bertz CT molecular complexity index is 736. The van der Waals surface area contributed by atoms with Crippen molar-refractivity contribution in [2.75, 3.05) is 64.6 Å². The summed E-state index contributed by atoms with van der Waals surface area (Å²) >= 11 is 3.40. The molecule has 29 heavy (non-hydrogen) atoms. The number of aliphatic hydroxyl groups is 1. The van der Waals surface area contributed by atoms with Crippen molar-refractivity contribution in [1.82, 2.24) is 4.90 Å². The van der Waals surface area contributed by atoms with Gasteiger partial charge in [-0.2, -0.15) is 0 Å². The van der Waals surface area contributed by atoms with Gasteiger partial charge in [-0.15, -0.1) is 0 Å². The first-order chi connectivity index (χ1) is 14.2. The summed E-state index contributed by atoms with van der Waals surface area (Å²) in [5.41, 5.74) is 1.13. The summed E-state index contributed by atoms with van der Waals surface area (Å²) in [5.74, 6) is 1.71. The fraction of sp³-hybridized carbons (Fsp3) is 0.455. The second kappa shape index (κ2) is 11.4. The number of β-amino-alcohol motifs (C(OH)–C–C–N with tert-alkyl or cyclic N) is 1. The van der Waals surface area contributed by atoms with Crippen molar-refractivity contribution in [1.29, 1.82) is 0 Å². The third kappa shape index (κ3) is 6.89. The molecule has 0 aromatic heterocycles. The van der Waals surface area contributed by atoms with Crippen LogP contribution in [0.25, 0.3) is 0 Å². The number of halogens is 1. The Morgan fingerprint density at radius 1 is 1.00 bits per heavy atom. The Hall–Kier alpha value is -1.80. The minimum atomic E-state index is -0.500. The van der Waals surface area contributed by atoms with E-state index in [9.17, 15) is 5.11 Å². The number of methoxy groups -OCH3 is 1. The van der Waals surface area contributed by atoms with Crippen molar-refractivity contribution in [2.24, 2.45) is 0 Å². The second-order valence-electron chi connectivity index (χ2n) is 6.99. The lowest BCUT2D eigenvalue weighted by Crippen LogP contribution is -2.49. The van der Waals surface area contributed by atoms with Gasteiger partial charge in [0.2, 0.25) is 0 Å². The van der Waals surface area contributed by atoms with E-state index >= 15 is 0 Å². The SMILES string of the molecule is COc1ccccc1N1CCN(C[C@H](O)COCCOc2ccc(Br)cc2)CC1. The predicted octanol–water partition coefficient (Wildman–Crippen LogP) is 3.04. The highest BCUT2D eigenvalue weighted by Crippen LogP contribution is 2.28. The summed E-state index contributed by atoms with van der Waals surface area (Å²) in [5, 5.41) is 10.3. The molecular weight excluding hydrogens is 436 g/mol. The molecule has 2 aromatic rings. The molecule has 7 heteroatoms. The molecule has 3 rings (SSSR count). The smallest absolute Gasteiger partial charge is 0.142 e. The molecule has 0 saturated carbocycles. The molecule has 0 radical (unpaired) electrons. The van der Waals surface area contributed by atoms with Crippen LogP contribution in [0.1, 0.15) is 0 Å². The van der Waals surface area contributed by atoms with Crippen molar-refractivity contribution in [3.63, 3.8) is 0 Å². The van der Waals surface area contributed by atoms with Gasteiger partial charge in [-0.05, 0) is 36.4 Å². The fourth-order valence-corrected chi connectivity index (χ4v) is 3.65. The van der Waals surface area contributed by atoms with Gasteiger partial charge < -0.3 is 24.2 Å². The summed E-state index contributed by atoms with van der Waals surface area (Å²) in [6.07, 6.45) is -0.500. The van der Waals surface area contributed by atoms with Crippen molar-refractivity contribution in [3.8, 4) is 11.5 Å². The highest BCUT2D eigenvalue weighted by molar-refractivity contribution is 9.10. The third-order valence-electron chi connectivity index (χ3n) is 4.89. The van der Waals surface area contributed by atoms with E-state index in [-0.39, 0.29) is 0 Å². The Kier molecular flexibility index (Phi) is 8.61. The van der Waals surface area contributed by atoms with Crippen molar-refractivity contribution < 1.29 is 19.3 Å². The van der Waals surface area contributed by atoms with Gasteiger partial charge in [0.05, 0.1) is 32.1 Å². The minimum Gasteiger partial charge on any atom is -0.495 e. The molecule has 1 saturated heterocycles. The normalized spacial score (nSPS) is 15.9. The van der Waals surface area contributed by atoms with Gasteiger partial charge in [-0.1, -0.05) is 28.1 Å². The molecule has 1 fully saturated rings.